The Kier molecular flexibility index (Phi) is 4.91. The Hall–Kier alpha value is -1.52. The molecule has 1 heterocycles. The van der Waals surface area contributed by atoms with Gasteiger partial charge in [-0.2, -0.15) is 0 Å². The molecule has 0 bridgehead atoms. The van der Waals surface area contributed by atoms with Crippen LogP contribution in [0.1, 0.15) is 5.56 Å². The van der Waals surface area contributed by atoms with Gasteiger partial charge in [0.1, 0.15) is 13.3 Å². The van der Waals surface area contributed by atoms with Gasteiger partial charge in [-0.05, 0) is 40.8 Å². The normalized spacial score (nSPS) is 16.3. The highest BCUT2D eigenvalue weighted by atomic mass is 15.2. The van der Waals surface area contributed by atoms with Gasteiger partial charge in [0.15, 0.2) is 0 Å². The van der Waals surface area contributed by atoms with Crippen molar-refractivity contribution in [3.05, 3.63) is 42.0 Å². The van der Waals surface area contributed by atoms with Gasteiger partial charge in [0.05, 0.1) is 0 Å². The minimum atomic E-state index is 0.259. The number of hydrogen-bond acceptors (Lipinski definition) is 3. The van der Waals surface area contributed by atoms with Crippen LogP contribution < -0.4 is 0 Å². The third kappa shape index (κ3) is 3.22. The number of hydrogen-bond donors (Lipinski definition) is 0. The Morgan fingerprint density at radius 2 is 1.62 bits per heavy atom. The summed E-state index contributed by atoms with van der Waals surface area (Å²) in [6.45, 7) is 0.540. The van der Waals surface area contributed by atoms with Crippen LogP contribution in [0, 0.1) is 0 Å². The van der Waals surface area contributed by atoms with Crippen LogP contribution in [0.5, 0.6) is 0 Å². The molecule has 2 rings (SSSR count). The van der Waals surface area contributed by atoms with E-state index in [1.807, 2.05) is 0 Å². The van der Waals surface area contributed by atoms with Crippen molar-refractivity contribution < 1.29 is 4.49 Å². The quantitative estimate of drug-likeness (QED) is 0.764. The first kappa shape index (κ1) is 15.9. The summed E-state index contributed by atoms with van der Waals surface area (Å²) in [4.78, 5) is 6.90. The topological polar surface area (TPSA) is 12.7 Å². The highest BCUT2D eigenvalue weighted by Gasteiger charge is 2.51. The first-order chi connectivity index (χ1) is 9.93. The second-order valence-corrected chi connectivity index (χ2v) is 6.10. The molecule has 1 aliphatic rings. The lowest BCUT2D eigenvalue weighted by molar-refractivity contribution is -0.350. The fourth-order valence-corrected chi connectivity index (χ4v) is 3.10. The van der Waals surface area contributed by atoms with Crippen LogP contribution in [-0.4, -0.2) is 81.2 Å². The molecule has 0 saturated carbocycles. The zero-order chi connectivity index (χ0) is 15.6. The smallest absolute Gasteiger partial charge is 0.402 e. The molecule has 21 heavy (non-hydrogen) atoms. The van der Waals surface area contributed by atoms with E-state index in [0.29, 0.717) is 0 Å². The molecule has 6 heteroatoms. The van der Waals surface area contributed by atoms with Gasteiger partial charge in [-0.3, -0.25) is 4.81 Å². The van der Waals surface area contributed by atoms with Gasteiger partial charge >= 0.3 is 13.7 Å². The molecule has 0 radical (unpaired) electrons. The maximum atomic E-state index is 2.36. The van der Waals surface area contributed by atoms with Gasteiger partial charge in [0, 0.05) is 11.8 Å². The van der Waals surface area contributed by atoms with E-state index in [1.165, 1.54) is 11.3 Å². The van der Waals surface area contributed by atoms with Crippen molar-refractivity contribution >= 4 is 25.7 Å². The van der Waals surface area contributed by atoms with Crippen LogP contribution in [0.2, 0.25) is 0 Å². The average molecular weight is 283 g/mol. The highest BCUT2D eigenvalue weighted by molar-refractivity contribution is 7.15. The number of benzene rings is 1. The molecule has 0 saturated heterocycles. The molecule has 110 valence electrons. The molecule has 0 N–H and O–H groups in total. The Morgan fingerprint density at radius 1 is 1.00 bits per heavy atom. The average Bonchev–Trinajstić information content (AvgIpc) is 2.57. The van der Waals surface area contributed by atoms with Crippen LogP contribution in [0.3, 0.4) is 0 Å². The first-order valence-electron chi connectivity index (χ1n) is 7.31. The van der Waals surface area contributed by atoms with Gasteiger partial charge in [0.2, 0.25) is 0 Å². The molecule has 4 nitrogen and oxygen atoms in total. The maximum Gasteiger partial charge on any atom is 0.572 e. The van der Waals surface area contributed by atoms with Gasteiger partial charge in [0.25, 0.3) is 0 Å². The summed E-state index contributed by atoms with van der Waals surface area (Å²) < 4.78 is 2.27. The summed E-state index contributed by atoms with van der Waals surface area (Å²) in [5.41, 5.74) is 2.49. The van der Waals surface area contributed by atoms with Crippen LogP contribution in [0.4, 0.5) is 0 Å². The van der Waals surface area contributed by atoms with Gasteiger partial charge in [-0.25, -0.2) is 0 Å². The lowest BCUT2D eigenvalue weighted by Crippen LogP contribution is -2.66. The van der Waals surface area contributed by atoms with Crippen LogP contribution in [0.25, 0.3) is 5.70 Å². The fourth-order valence-electron chi connectivity index (χ4n) is 3.10. The number of rotatable bonds is 3. The molecule has 0 aromatic heterocycles. The summed E-state index contributed by atoms with van der Waals surface area (Å²) in [5, 5.41) is 0. The summed E-state index contributed by atoms with van der Waals surface area (Å²) in [7, 11) is 12.9. The summed E-state index contributed by atoms with van der Waals surface area (Å²) in [5.74, 6) is 0. The second-order valence-electron chi connectivity index (χ2n) is 6.10. The summed E-state index contributed by atoms with van der Waals surface area (Å²) in [6, 6.07) is 10.6. The first-order valence-corrected chi connectivity index (χ1v) is 7.31. The molecule has 1 aromatic carbocycles. The standard InChI is InChI=1S/C15H25B2N4/c1-18(2)16-17(19(3)4)21(6)15(12-13-20(16)5)14-10-8-7-9-11-14/h7-13H,1-6H3/q+1. The van der Waals surface area contributed by atoms with Crippen molar-refractivity contribution in [3.63, 3.8) is 0 Å². The van der Waals surface area contributed by atoms with Crippen molar-refractivity contribution in [1.29, 1.82) is 0 Å². The second kappa shape index (κ2) is 6.50. The Morgan fingerprint density at radius 3 is 2.14 bits per heavy atom. The minimum Gasteiger partial charge on any atom is -0.402 e. The van der Waals surface area contributed by atoms with Gasteiger partial charge < -0.3 is 14.1 Å². The molecular formula is C15H25B2N4+. The lowest BCUT2D eigenvalue weighted by atomic mass is 9.31. The monoisotopic (exact) mass is 283 g/mol. The van der Waals surface area contributed by atoms with Crippen LogP contribution in [-0.2, 0) is 0 Å². The molecule has 0 amide bonds. The van der Waals surface area contributed by atoms with E-state index in [9.17, 15) is 0 Å². The van der Waals surface area contributed by atoms with Crippen molar-refractivity contribution in [2.45, 2.75) is 0 Å². The van der Waals surface area contributed by atoms with E-state index in [0.717, 1.165) is 0 Å². The fraction of sp³-hybridized carbons (Fsp3) is 0.400. The number of allylic oxidation sites excluding steroid dienone is 1. The Labute approximate surface area is 129 Å². The highest BCUT2D eigenvalue weighted by Crippen LogP contribution is 2.21. The Balaban J connectivity index is 2.48. The zero-order valence-electron chi connectivity index (χ0n) is 14.0. The van der Waals surface area contributed by atoms with Crippen molar-refractivity contribution in [3.8, 4) is 0 Å². The minimum absolute atomic E-state index is 0.259. The molecule has 0 atom stereocenters. The largest absolute Gasteiger partial charge is 0.572 e. The van der Waals surface area contributed by atoms with E-state index < -0.39 is 0 Å². The zero-order valence-corrected chi connectivity index (χ0v) is 14.0. The van der Waals surface area contributed by atoms with Crippen molar-refractivity contribution in [2.75, 3.05) is 42.3 Å². The molecular weight excluding hydrogens is 258 g/mol. The van der Waals surface area contributed by atoms with Gasteiger partial charge in [-0.15, -0.1) is 0 Å². The Bertz CT molecular complexity index is 540. The molecule has 0 unspecified atom stereocenters. The van der Waals surface area contributed by atoms with E-state index in [-0.39, 0.29) is 13.7 Å². The van der Waals surface area contributed by atoms with Crippen LogP contribution in [0.15, 0.2) is 36.4 Å². The van der Waals surface area contributed by atoms with Crippen molar-refractivity contribution in [2.24, 2.45) is 0 Å². The van der Waals surface area contributed by atoms with Gasteiger partial charge in [-0.1, -0.05) is 30.3 Å². The third-order valence-corrected chi connectivity index (χ3v) is 4.06. The predicted molar refractivity (Wildman–Crippen MR) is 93.3 cm³/mol. The van der Waals surface area contributed by atoms with E-state index in [2.05, 4.69) is 104 Å². The summed E-state index contributed by atoms with van der Waals surface area (Å²) in [6.07, 6.45) is 4.38. The van der Waals surface area contributed by atoms with Crippen molar-refractivity contribution in [1.82, 2.24) is 14.4 Å². The SMILES string of the molecule is CN(C)B1B(N(C)C)[N+](C)=CC=C(c2ccccc2)N1C. The van der Waals surface area contributed by atoms with E-state index >= 15 is 0 Å². The molecule has 1 aliphatic heterocycles. The number of nitrogens with zero attached hydrogens (tertiary/aromatic N) is 4. The summed E-state index contributed by atoms with van der Waals surface area (Å²) >= 11 is 0. The third-order valence-electron chi connectivity index (χ3n) is 4.06. The molecule has 1 aromatic rings. The van der Waals surface area contributed by atoms with E-state index in [1.54, 1.807) is 0 Å². The molecule has 0 aliphatic carbocycles. The molecule has 0 spiro atoms. The predicted octanol–water partition coefficient (Wildman–Crippen LogP) is 0.864. The van der Waals surface area contributed by atoms with Crippen LogP contribution >= 0.6 is 0 Å². The lowest BCUT2D eigenvalue weighted by Gasteiger charge is -2.33. The van der Waals surface area contributed by atoms with E-state index in [4.69, 9.17) is 0 Å². The molecule has 0 fully saturated rings. The maximum absolute atomic E-state index is 2.36.